The first-order valence-electron chi connectivity index (χ1n) is 6.03. The van der Waals surface area contributed by atoms with Gasteiger partial charge in [0.1, 0.15) is 5.82 Å². The molecule has 0 saturated carbocycles. The number of carbonyl (C=O) groups is 1. The molecule has 0 spiro atoms. The number of rotatable bonds is 4. The van der Waals surface area contributed by atoms with Crippen molar-refractivity contribution in [3.63, 3.8) is 0 Å². The number of hydrogen-bond acceptors (Lipinski definition) is 3. The summed E-state index contributed by atoms with van der Waals surface area (Å²) in [5.74, 6) is -1.05. The molecule has 1 amide bonds. The van der Waals surface area contributed by atoms with Crippen LogP contribution in [0.25, 0.3) is 0 Å². The zero-order valence-electron chi connectivity index (χ0n) is 11.1. The molecule has 0 unspecified atom stereocenters. The van der Waals surface area contributed by atoms with E-state index < -0.39 is 11.7 Å². The van der Waals surface area contributed by atoms with E-state index in [0.29, 0.717) is 10.2 Å². The standard InChI is InChI=1S/C14H12BrFN2O3/c1-8-14(12(19)4-5-17-8)21-7-13(20)18-11-3-2-9(15)6-10(11)16/h2-6H,7H2,1H3,(H,17,19)(H,18,20). The highest BCUT2D eigenvalue weighted by Gasteiger charge is 2.10. The lowest BCUT2D eigenvalue weighted by Crippen LogP contribution is -2.23. The van der Waals surface area contributed by atoms with Gasteiger partial charge in [-0.25, -0.2) is 4.39 Å². The Morgan fingerprint density at radius 3 is 2.86 bits per heavy atom. The number of nitrogens with one attached hydrogen (secondary N) is 2. The summed E-state index contributed by atoms with van der Waals surface area (Å²) in [6.45, 7) is 1.27. The molecule has 2 aromatic rings. The molecule has 21 heavy (non-hydrogen) atoms. The van der Waals surface area contributed by atoms with Crippen LogP contribution in [0.3, 0.4) is 0 Å². The molecule has 0 fully saturated rings. The fourth-order valence-corrected chi connectivity index (χ4v) is 2.00. The van der Waals surface area contributed by atoms with Crippen LogP contribution in [0.15, 0.2) is 39.7 Å². The Morgan fingerprint density at radius 2 is 2.19 bits per heavy atom. The normalized spacial score (nSPS) is 10.2. The predicted molar refractivity (Wildman–Crippen MR) is 80.0 cm³/mol. The van der Waals surface area contributed by atoms with Gasteiger partial charge in [-0.15, -0.1) is 0 Å². The van der Waals surface area contributed by atoms with E-state index in [9.17, 15) is 14.0 Å². The summed E-state index contributed by atoms with van der Waals surface area (Å²) in [6.07, 6.45) is 1.49. The van der Waals surface area contributed by atoms with E-state index >= 15 is 0 Å². The second-order valence-electron chi connectivity index (χ2n) is 4.26. The van der Waals surface area contributed by atoms with Crippen molar-refractivity contribution in [2.45, 2.75) is 6.92 Å². The minimum Gasteiger partial charge on any atom is -0.478 e. The minimum atomic E-state index is -0.563. The molecule has 0 saturated heterocycles. The number of amides is 1. The van der Waals surface area contributed by atoms with Gasteiger partial charge in [0.2, 0.25) is 5.43 Å². The van der Waals surface area contributed by atoms with Crippen molar-refractivity contribution in [1.29, 1.82) is 0 Å². The second-order valence-corrected chi connectivity index (χ2v) is 5.17. The summed E-state index contributed by atoms with van der Waals surface area (Å²) in [5, 5.41) is 2.37. The van der Waals surface area contributed by atoms with Crippen molar-refractivity contribution in [2.24, 2.45) is 0 Å². The van der Waals surface area contributed by atoms with Crippen molar-refractivity contribution >= 4 is 27.5 Å². The molecule has 2 N–H and O–H groups in total. The number of pyridine rings is 1. The fraction of sp³-hybridized carbons (Fsp3) is 0.143. The first kappa shape index (κ1) is 15.2. The smallest absolute Gasteiger partial charge is 0.262 e. The number of aromatic amines is 1. The van der Waals surface area contributed by atoms with Gasteiger partial charge in [0.25, 0.3) is 5.91 Å². The number of hydrogen-bond donors (Lipinski definition) is 2. The SMILES string of the molecule is Cc1[nH]ccc(=O)c1OCC(=O)Nc1ccc(Br)cc1F. The number of anilines is 1. The molecule has 0 bridgehead atoms. The van der Waals surface area contributed by atoms with Gasteiger partial charge in [-0.05, 0) is 25.1 Å². The second kappa shape index (κ2) is 6.53. The average Bonchev–Trinajstić information content (AvgIpc) is 2.41. The Hall–Kier alpha value is -2.15. The molecule has 5 nitrogen and oxygen atoms in total. The van der Waals surface area contributed by atoms with Gasteiger partial charge in [-0.2, -0.15) is 0 Å². The first-order valence-corrected chi connectivity index (χ1v) is 6.82. The van der Waals surface area contributed by atoms with Crippen LogP contribution in [0.4, 0.5) is 10.1 Å². The van der Waals surface area contributed by atoms with Gasteiger partial charge in [-0.3, -0.25) is 9.59 Å². The first-order chi connectivity index (χ1) is 9.97. The molecule has 1 aromatic heterocycles. The van der Waals surface area contributed by atoms with Crippen LogP contribution >= 0.6 is 15.9 Å². The van der Waals surface area contributed by atoms with Crippen molar-refractivity contribution in [3.05, 3.63) is 56.7 Å². The Kier molecular flexibility index (Phi) is 4.74. The summed E-state index contributed by atoms with van der Waals surface area (Å²) in [4.78, 5) is 26.1. The van der Waals surface area contributed by atoms with Crippen molar-refractivity contribution in [3.8, 4) is 5.75 Å². The van der Waals surface area contributed by atoms with E-state index in [0.717, 1.165) is 0 Å². The summed E-state index contributed by atoms with van der Waals surface area (Å²) in [7, 11) is 0. The maximum Gasteiger partial charge on any atom is 0.262 e. The zero-order valence-corrected chi connectivity index (χ0v) is 12.7. The molecule has 2 rings (SSSR count). The number of benzene rings is 1. The number of carbonyl (C=O) groups excluding carboxylic acids is 1. The lowest BCUT2D eigenvalue weighted by Gasteiger charge is -2.09. The lowest BCUT2D eigenvalue weighted by molar-refractivity contribution is -0.118. The molecule has 0 aliphatic heterocycles. The topological polar surface area (TPSA) is 71.2 Å². The van der Waals surface area contributed by atoms with Gasteiger partial charge < -0.3 is 15.0 Å². The van der Waals surface area contributed by atoms with E-state index in [-0.39, 0.29) is 23.5 Å². The summed E-state index contributed by atoms with van der Waals surface area (Å²) < 4.78 is 19.3. The van der Waals surface area contributed by atoms with Crippen LogP contribution < -0.4 is 15.5 Å². The van der Waals surface area contributed by atoms with Crippen molar-refractivity contribution in [2.75, 3.05) is 11.9 Å². The Balaban J connectivity index is 2.01. The largest absolute Gasteiger partial charge is 0.478 e. The third-order valence-corrected chi connectivity index (χ3v) is 3.15. The lowest BCUT2D eigenvalue weighted by atomic mass is 10.3. The van der Waals surface area contributed by atoms with Crippen LogP contribution in [0.1, 0.15) is 5.69 Å². The number of aromatic nitrogens is 1. The van der Waals surface area contributed by atoms with E-state index in [1.807, 2.05) is 0 Å². The van der Waals surface area contributed by atoms with Crippen LogP contribution in [0, 0.1) is 12.7 Å². The third kappa shape index (κ3) is 3.91. The molecular formula is C14H12BrFN2O3. The minimum absolute atomic E-state index is 0.0468. The predicted octanol–water partition coefficient (Wildman–Crippen LogP) is 2.60. The van der Waals surface area contributed by atoms with E-state index in [4.69, 9.17) is 4.74 Å². The van der Waals surface area contributed by atoms with Crippen LogP contribution in [0.5, 0.6) is 5.75 Å². The molecular weight excluding hydrogens is 343 g/mol. The van der Waals surface area contributed by atoms with Gasteiger partial charge in [0.05, 0.1) is 11.4 Å². The molecule has 1 heterocycles. The molecule has 0 atom stereocenters. The Bertz CT molecular complexity index is 730. The monoisotopic (exact) mass is 354 g/mol. The van der Waals surface area contributed by atoms with Crippen LogP contribution in [-0.2, 0) is 4.79 Å². The number of halogens is 2. The van der Waals surface area contributed by atoms with E-state index in [2.05, 4.69) is 26.2 Å². The quantitative estimate of drug-likeness (QED) is 0.886. The van der Waals surface area contributed by atoms with E-state index in [1.165, 1.54) is 24.4 Å². The van der Waals surface area contributed by atoms with Gasteiger partial charge in [0, 0.05) is 16.7 Å². The highest BCUT2D eigenvalue weighted by molar-refractivity contribution is 9.10. The highest BCUT2D eigenvalue weighted by Crippen LogP contribution is 2.19. The van der Waals surface area contributed by atoms with E-state index in [1.54, 1.807) is 13.0 Å². The Morgan fingerprint density at radius 1 is 1.43 bits per heavy atom. The zero-order chi connectivity index (χ0) is 15.4. The van der Waals surface area contributed by atoms with Gasteiger partial charge in [-0.1, -0.05) is 15.9 Å². The van der Waals surface area contributed by atoms with Gasteiger partial charge in [0.15, 0.2) is 12.4 Å². The average molecular weight is 355 g/mol. The maximum atomic E-state index is 13.6. The number of ether oxygens (including phenoxy) is 1. The third-order valence-electron chi connectivity index (χ3n) is 2.65. The molecule has 7 heteroatoms. The van der Waals surface area contributed by atoms with Crippen LogP contribution in [-0.4, -0.2) is 17.5 Å². The Labute approximate surface area is 128 Å². The molecule has 110 valence electrons. The molecule has 0 radical (unpaired) electrons. The molecule has 0 aliphatic carbocycles. The highest BCUT2D eigenvalue weighted by atomic mass is 79.9. The van der Waals surface area contributed by atoms with Crippen LogP contribution in [0.2, 0.25) is 0 Å². The fourth-order valence-electron chi connectivity index (χ4n) is 1.66. The maximum absolute atomic E-state index is 13.6. The van der Waals surface area contributed by atoms with Gasteiger partial charge >= 0.3 is 0 Å². The summed E-state index contributed by atoms with van der Waals surface area (Å²) >= 11 is 3.12. The molecule has 0 aliphatic rings. The molecule has 1 aromatic carbocycles. The summed E-state index contributed by atoms with van der Waals surface area (Å²) in [6, 6.07) is 5.57. The number of aryl methyl sites for hydroxylation is 1. The van der Waals surface area contributed by atoms with Crippen molar-refractivity contribution in [1.82, 2.24) is 4.98 Å². The number of H-pyrrole nitrogens is 1. The summed E-state index contributed by atoms with van der Waals surface area (Å²) in [5.41, 5.74) is 0.240. The van der Waals surface area contributed by atoms with Crippen molar-refractivity contribution < 1.29 is 13.9 Å².